The molecule has 1 atom stereocenters. The van der Waals surface area contributed by atoms with Gasteiger partial charge in [0, 0.05) is 0 Å². The third-order valence-corrected chi connectivity index (χ3v) is 2.65. The highest BCUT2D eigenvalue weighted by atomic mass is 16.5. The Hall–Kier alpha value is -0.860. The average molecular weight is 193 g/mol. The van der Waals surface area contributed by atoms with Crippen molar-refractivity contribution in [2.45, 2.75) is 40.2 Å². The Morgan fingerprint density at radius 1 is 1.21 bits per heavy atom. The van der Waals surface area contributed by atoms with Crippen LogP contribution in [0.4, 0.5) is 0 Å². The first-order valence-corrected chi connectivity index (χ1v) is 5.07. The molecule has 0 amide bonds. The van der Waals surface area contributed by atoms with Crippen molar-refractivity contribution < 1.29 is 5.21 Å². The molecule has 78 valence electrons. The minimum absolute atomic E-state index is 0.0515. The number of hydrogen-bond donors (Lipinski definition) is 2. The first-order chi connectivity index (χ1) is 6.60. The molecule has 0 aliphatic heterocycles. The molecule has 2 heteroatoms. The zero-order chi connectivity index (χ0) is 10.7. The third-order valence-electron chi connectivity index (χ3n) is 2.65. The van der Waals surface area contributed by atoms with Crippen molar-refractivity contribution in [3.63, 3.8) is 0 Å². The van der Waals surface area contributed by atoms with Gasteiger partial charge in [0.2, 0.25) is 0 Å². The molecule has 1 aromatic carbocycles. The molecule has 0 heterocycles. The van der Waals surface area contributed by atoms with Crippen LogP contribution in [0.3, 0.4) is 0 Å². The van der Waals surface area contributed by atoms with E-state index in [2.05, 4.69) is 45.3 Å². The molecule has 0 saturated heterocycles. The molecule has 2 N–H and O–H groups in total. The lowest BCUT2D eigenvalue weighted by atomic mass is 9.93. The molecule has 0 aliphatic carbocycles. The van der Waals surface area contributed by atoms with E-state index in [1.54, 1.807) is 0 Å². The molecular weight excluding hydrogens is 174 g/mol. The van der Waals surface area contributed by atoms with Gasteiger partial charge in [-0.15, -0.1) is 0 Å². The van der Waals surface area contributed by atoms with Crippen LogP contribution >= 0.6 is 0 Å². The standard InChI is InChI=1S/C12H19NO/c1-5-11(13-14)12-9(3)6-8(2)7-10(12)4/h6-7,11,13-14H,5H2,1-4H3/t11-/m1/s1. The third kappa shape index (κ3) is 2.14. The number of nitrogens with one attached hydrogen (secondary N) is 1. The van der Waals surface area contributed by atoms with Crippen LogP contribution in [0.25, 0.3) is 0 Å². The average Bonchev–Trinajstić information content (AvgIpc) is 2.10. The van der Waals surface area contributed by atoms with Gasteiger partial charge in [0.1, 0.15) is 0 Å². The monoisotopic (exact) mass is 193 g/mol. The molecule has 0 fully saturated rings. The first kappa shape index (κ1) is 11.2. The number of aryl methyl sites for hydroxylation is 3. The largest absolute Gasteiger partial charge is 0.316 e. The lowest BCUT2D eigenvalue weighted by Gasteiger charge is -2.19. The van der Waals surface area contributed by atoms with Gasteiger partial charge >= 0.3 is 0 Å². The van der Waals surface area contributed by atoms with E-state index in [9.17, 15) is 0 Å². The number of hydroxylamine groups is 1. The van der Waals surface area contributed by atoms with E-state index in [1.807, 2.05) is 0 Å². The van der Waals surface area contributed by atoms with Gasteiger partial charge in [-0.2, -0.15) is 5.48 Å². The van der Waals surface area contributed by atoms with Gasteiger partial charge in [-0.05, 0) is 43.9 Å². The van der Waals surface area contributed by atoms with Crippen molar-refractivity contribution >= 4 is 0 Å². The second-order valence-corrected chi connectivity index (χ2v) is 3.90. The van der Waals surface area contributed by atoms with Crippen molar-refractivity contribution in [2.24, 2.45) is 0 Å². The molecule has 1 aromatic rings. The Bertz CT molecular complexity index is 293. The van der Waals surface area contributed by atoms with E-state index in [0.29, 0.717) is 0 Å². The predicted molar refractivity (Wildman–Crippen MR) is 58.6 cm³/mol. The van der Waals surface area contributed by atoms with Crippen LogP contribution in [0.15, 0.2) is 12.1 Å². The Morgan fingerprint density at radius 3 is 2.07 bits per heavy atom. The molecule has 0 spiro atoms. The maximum Gasteiger partial charge on any atom is 0.0571 e. The fourth-order valence-electron chi connectivity index (χ4n) is 2.10. The molecule has 0 saturated carbocycles. The summed E-state index contributed by atoms with van der Waals surface area (Å²) in [5, 5.41) is 9.05. The first-order valence-electron chi connectivity index (χ1n) is 5.07. The summed E-state index contributed by atoms with van der Waals surface area (Å²) in [5.41, 5.74) is 7.36. The second-order valence-electron chi connectivity index (χ2n) is 3.90. The number of rotatable bonds is 3. The Labute approximate surface area is 85.9 Å². The van der Waals surface area contributed by atoms with Gasteiger partial charge in [-0.25, -0.2) is 0 Å². The van der Waals surface area contributed by atoms with Crippen molar-refractivity contribution in [3.05, 3.63) is 34.4 Å². The van der Waals surface area contributed by atoms with Crippen LogP contribution in [0.1, 0.15) is 41.6 Å². The van der Waals surface area contributed by atoms with Crippen LogP contribution in [-0.2, 0) is 0 Å². The topological polar surface area (TPSA) is 32.3 Å². The summed E-state index contributed by atoms with van der Waals surface area (Å²) in [6.07, 6.45) is 0.890. The highest BCUT2D eigenvalue weighted by Gasteiger charge is 2.13. The lowest BCUT2D eigenvalue weighted by Crippen LogP contribution is -2.18. The van der Waals surface area contributed by atoms with Crippen molar-refractivity contribution in [1.82, 2.24) is 5.48 Å². The summed E-state index contributed by atoms with van der Waals surface area (Å²) in [5.74, 6) is 0. The van der Waals surface area contributed by atoms with Gasteiger partial charge < -0.3 is 5.21 Å². The van der Waals surface area contributed by atoms with E-state index in [4.69, 9.17) is 5.21 Å². The van der Waals surface area contributed by atoms with Crippen LogP contribution in [-0.4, -0.2) is 5.21 Å². The molecule has 0 bridgehead atoms. The quantitative estimate of drug-likeness (QED) is 0.723. The SMILES string of the molecule is CC[C@@H](NO)c1c(C)cc(C)cc1C. The van der Waals surface area contributed by atoms with Crippen molar-refractivity contribution in [1.29, 1.82) is 0 Å². The lowest BCUT2D eigenvalue weighted by molar-refractivity contribution is 0.123. The van der Waals surface area contributed by atoms with E-state index in [-0.39, 0.29) is 6.04 Å². The Kier molecular flexibility index (Phi) is 3.67. The zero-order valence-corrected chi connectivity index (χ0v) is 9.39. The van der Waals surface area contributed by atoms with Gasteiger partial charge in [0.25, 0.3) is 0 Å². The summed E-state index contributed by atoms with van der Waals surface area (Å²) in [4.78, 5) is 0. The Balaban J connectivity index is 3.19. The summed E-state index contributed by atoms with van der Waals surface area (Å²) in [6, 6.07) is 4.36. The molecule has 0 unspecified atom stereocenters. The minimum atomic E-state index is 0.0515. The van der Waals surface area contributed by atoms with E-state index < -0.39 is 0 Å². The van der Waals surface area contributed by atoms with Gasteiger partial charge in [-0.3, -0.25) is 0 Å². The molecule has 1 rings (SSSR count). The maximum atomic E-state index is 9.05. The maximum absolute atomic E-state index is 9.05. The van der Waals surface area contributed by atoms with Crippen LogP contribution in [0, 0.1) is 20.8 Å². The molecule has 0 aromatic heterocycles. The fourth-order valence-corrected chi connectivity index (χ4v) is 2.10. The zero-order valence-electron chi connectivity index (χ0n) is 9.39. The molecular formula is C12H19NO. The van der Waals surface area contributed by atoms with Crippen LogP contribution < -0.4 is 5.48 Å². The molecule has 2 nitrogen and oxygen atoms in total. The van der Waals surface area contributed by atoms with E-state index in [0.717, 1.165) is 6.42 Å². The Morgan fingerprint density at radius 2 is 1.71 bits per heavy atom. The van der Waals surface area contributed by atoms with E-state index in [1.165, 1.54) is 22.3 Å². The molecule has 14 heavy (non-hydrogen) atoms. The highest BCUT2D eigenvalue weighted by molar-refractivity contribution is 5.39. The minimum Gasteiger partial charge on any atom is -0.316 e. The summed E-state index contributed by atoms with van der Waals surface area (Å²) in [7, 11) is 0. The molecule has 0 aliphatic rings. The predicted octanol–water partition coefficient (Wildman–Crippen LogP) is 3.04. The summed E-state index contributed by atoms with van der Waals surface area (Å²) >= 11 is 0. The highest BCUT2D eigenvalue weighted by Crippen LogP contribution is 2.25. The number of benzene rings is 1. The van der Waals surface area contributed by atoms with E-state index >= 15 is 0 Å². The van der Waals surface area contributed by atoms with Gasteiger partial charge in [-0.1, -0.05) is 24.6 Å². The molecule has 0 radical (unpaired) electrons. The fraction of sp³-hybridized carbons (Fsp3) is 0.500. The number of hydrogen-bond acceptors (Lipinski definition) is 2. The van der Waals surface area contributed by atoms with Crippen LogP contribution in [0.2, 0.25) is 0 Å². The van der Waals surface area contributed by atoms with Crippen molar-refractivity contribution in [3.8, 4) is 0 Å². The van der Waals surface area contributed by atoms with Crippen LogP contribution in [0.5, 0.6) is 0 Å². The summed E-state index contributed by atoms with van der Waals surface area (Å²) in [6.45, 7) is 8.34. The normalized spacial score (nSPS) is 12.9. The second kappa shape index (κ2) is 4.58. The van der Waals surface area contributed by atoms with Crippen molar-refractivity contribution in [2.75, 3.05) is 0 Å². The van der Waals surface area contributed by atoms with Gasteiger partial charge in [0.15, 0.2) is 0 Å². The summed E-state index contributed by atoms with van der Waals surface area (Å²) < 4.78 is 0. The smallest absolute Gasteiger partial charge is 0.0571 e. The van der Waals surface area contributed by atoms with Gasteiger partial charge in [0.05, 0.1) is 6.04 Å².